The van der Waals surface area contributed by atoms with Crippen molar-refractivity contribution >= 4 is 5.69 Å². The van der Waals surface area contributed by atoms with E-state index in [-0.39, 0.29) is 17.1 Å². The van der Waals surface area contributed by atoms with Gasteiger partial charge in [-0.3, -0.25) is 10.1 Å². The van der Waals surface area contributed by atoms with E-state index < -0.39 is 4.92 Å². The van der Waals surface area contributed by atoms with E-state index >= 15 is 0 Å². The first kappa shape index (κ1) is 9.79. The van der Waals surface area contributed by atoms with Crippen LogP contribution in [0.4, 0.5) is 5.69 Å². The molecule has 0 saturated carbocycles. The Morgan fingerprint density at radius 3 is 2.88 bits per heavy atom. The Morgan fingerprint density at radius 1 is 1.50 bits per heavy atom. The van der Waals surface area contributed by atoms with Crippen molar-refractivity contribution in [3.8, 4) is 11.9 Å². The molecule has 0 fully saturated rings. The lowest BCUT2D eigenvalue weighted by Crippen LogP contribution is -2.05. The van der Waals surface area contributed by atoms with Gasteiger partial charge in [0, 0.05) is 18.6 Å². The highest BCUT2D eigenvalue weighted by molar-refractivity contribution is 5.57. The molecule has 2 aromatic rings. The van der Waals surface area contributed by atoms with Gasteiger partial charge in [-0.15, -0.1) is 0 Å². The number of nitrogens with zero attached hydrogens (tertiary/aromatic N) is 5. The van der Waals surface area contributed by atoms with Crippen molar-refractivity contribution in [3.05, 3.63) is 46.4 Å². The second-order valence-corrected chi connectivity index (χ2v) is 2.85. The molecule has 0 bridgehead atoms. The van der Waals surface area contributed by atoms with Crippen LogP contribution in [0.1, 0.15) is 5.56 Å². The fourth-order valence-corrected chi connectivity index (χ4v) is 1.27. The molecule has 0 spiro atoms. The molecule has 0 aliphatic heterocycles. The maximum atomic E-state index is 10.9. The third-order valence-electron chi connectivity index (χ3n) is 1.93. The van der Waals surface area contributed by atoms with Gasteiger partial charge in [0.25, 0.3) is 0 Å². The normalized spacial score (nSPS) is 9.69. The molecule has 2 heterocycles. The molecule has 0 N–H and O–H groups in total. The van der Waals surface area contributed by atoms with Crippen molar-refractivity contribution in [2.24, 2.45) is 0 Å². The molecule has 0 aliphatic rings. The van der Waals surface area contributed by atoms with Crippen molar-refractivity contribution in [2.45, 2.75) is 0 Å². The van der Waals surface area contributed by atoms with E-state index in [2.05, 4.69) is 10.1 Å². The highest BCUT2D eigenvalue weighted by Gasteiger charge is 2.22. The quantitative estimate of drug-likeness (QED) is 0.550. The monoisotopic (exact) mass is 215 g/mol. The summed E-state index contributed by atoms with van der Waals surface area (Å²) in [7, 11) is 0. The largest absolute Gasteiger partial charge is 0.331 e. The van der Waals surface area contributed by atoms with Gasteiger partial charge in [-0.1, -0.05) is 0 Å². The third kappa shape index (κ3) is 1.48. The van der Waals surface area contributed by atoms with Gasteiger partial charge in [-0.2, -0.15) is 10.4 Å². The molecule has 2 aromatic heterocycles. The van der Waals surface area contributed by atoms with Crippen LogP contribution in [-0.2, 0) is 0 Å². The summed E-state index contributed by atoms with van der Waals surface area (Å²) < 4.78 is 1.25. The van der Waals surface area contributed by atoms with E-state index in [9.17, 15) is 10.1 Å². The number of nitriles is 1. The Morgan fingerprint density at radius 2 is 2.31 bits per heavy atom. The van der Waals surface area contributed by atoms with Crippen LogP contribution in [0, 0.1) is 21.4 Å². The molecule has 0 aromatic carbocycles. The Hall–Kier alpha value is -2.75. The van der Waals surface area contributed by atoms with Gasteiger partial charge in [-0.05, 0) is 12.1 Å². The lowest BCUT2D eigenvalue weighted by Gasteiger charge is -2.01. The first-order chi connectivity index (χ1) is 7.74. The van der Waals surface area contributed by atoms with Gasteiger partial charge < -0.3 is 0 Å². The number of rotatable bonds is 2. The third-order valence-corrected chi connectivity index (χ3v) is 1.93. The average molecular weight is 215 g/mol. The predicted octanol–water partition coefficient (Wildman–Crippen LogP) is 1.05. The Balaban J connectivity index is 2.72. The van der Waals surface area contributed by atoms with E-state index in [4.69, 9.17) is 5.26 Å². The molecule has 7 nitrogen and oxygen atoms in total. The van der Waals surface area contributed by atoms with E-state index in [1.54, 1.807) is 12.1 Å². The van der Waals surface area contributed by atoms with Gasteiger partial charge in [0.1, 0.15) is 11.6 Å². The molecule has 0 saturated heterocycles. The number of aromatic nitrogens is 3. The van der Waals surface area contributed by atoms with Crippen molar-refractivity contribution in [1.82, 2.24) is 14.8 Å². The van der Waals surface area contributed by atoms with Gasteiger partial charge in [0.05, 0.1) is 4.92 Å². The van der Waals surface area contributed by atoms with Crippen LogP contribution >= 0.6 is 0 Å². The van der Waals surface area contributed by atoms with Gasteiger partial charge in [0.15, 0.2) is 0 Å². The van der Waals surface area contributed by atoms with Gasteiger partial charge in [-0.25, -0.2) is 9.67 Å². The zero-order valence-electron chi connectivity index (χ0n) is 7.94. The molecule has 7 heteroatoms. The summed E-state index contributed by atoms with van der Waals surface area (Å²) in [4.78, 5) is 14.1. The van der Waals surface area contributed by atoms with E-state index in [1.807, 2.05) is 0 Å². The maximum Gasteiger partial charge on any atom is 0.331 e. The van der Waals surface area contributed by atoms with Crippen LogP contribution < -0.4 is 0 Å². The minimum Gasteiger partial charge on any atom is -0.258 e. The second kappa shape index (κ2) is 3.78. The van der Waals surface area contributed by atoms with E-state index in [0.29, 0.717) is 0 Å². The van der Waals surface area contributed by atoms with Gasteiger partial charge in [0.2, 0.25) is 5.82 Å². The summed E-state index contributed by atoms with van der Waals surface area (Å²) in [5.74, 6) is 0.0362. The minimum absolute atomic E-state index is 0.0362. The minimum atomic E-state index is -0.636. The molecule has 0 atom stereocenters. The van der Waals surface area contributed by atoms with E-state index in [1.165, 1.54) is 29.3 Å². The summed E-state index contributed by atoms with van der Waals surface area (Å²) in [6, 6.07) is 4.67. The summed E-state index contributed by atoms with van der Waals surface area (Å²) in [6.07, 6.45) is 4.34. The lowest BCUT2D eigenvalue weighted by molar-refractivity contribution is -0.385. The Labute approximate surface area is 89.7 Å². The van der Waals surface area contributed by atoms with Crippen molar-refractivity contribution < 1.29 is 4.92 Å². The summed E-state index contributed by atoms with van der Waals surface area (Å²) in [6.45, 7) is 0. The molecule has 0 amide bonds. The van der Waals surface area contributed by atoms with Gasteiger partial charge >= 0.3 is 5.69 Å². The van der Waals surface area contributed by atoms with Crippen molar-refractivity contribution in [1.29, 1.82) is 5.26 Å². The molecular formula is C9H5N5O2. The van der Waals surface area contributed by atoms with Crippen LogP contribution in [0.25, 0.3) is 5.82 Å². The summed E-state index contributed by atoms with van der Waals surface area (Å²) in [5, 5.41) is 23.5. The van der Waals surface area contributed by atoms with E-state index in [0.717, 1.165) is 0 Å². The van der Waals surface area contributed by atoms with Crippen LogP contribution in [0.2, 0.25) is 0 Å². The van der Waals surface area contributed by atoms with Crippen molar-refractivity contribution in [3.63, 3.8) is 0 Å². The number of nitro groups is 1. The average Bonchev–Trinajstić information content (AvgIpc) is 2.81. The zero-order valence-corrected chi connectivity index (χ0v) is 7.94. The molecule has 2 rings (SSSR count). The standard InChI is InChI=1S/C9H5N5O2/c10-6-7-2-4-11-9(8(7)14(15)16)13-5-1-3-12-13/h1-5H. The first-order valence-corrected chi connectivity index (χ1v) is 4.27. The summed E-state index contributed by atoms with van der Waals surface area (Å²) >= 11 is 0. The fourth-order valence-electron chi connectivity index (χ4n) is 1.27. The topological polar surface area (TPSA) is 97.6 Å². The Kier molecular flexibility index (Phi) is 2.31. The number of pyridine rings is 1. The van der Waals surface area contributed by atoms with Crippen LogP contribution in [0.3, 0.4) is 0 Å². The molecule has 0 aliphatic carbocycles. The molecule has 0 radical (unpaired) electrons. The second-order valence-electron chi connectivity index (χ2n) is 2.85. The molecular weight excluding hydrogens is 210 g/mol. The molecule has 0 unspecified atom stereocenters. The number of hydrogen-bond donors (Lipinski definition) is 0. The van der Waals surface area contributed by atoms with Crippen molar-refractivity contribution in [2.75, 3.05) is 0 Å². The summed E-state index contributed by atoms with van der Waals surface area (Å²) in [5.41, 5.74) is -0.376. The van der Waals surface area contributed by atoms with Crippen LogP contribution in [0.5, 0.6) is 0 Å². The highest BCUT2D eigenvalue weighted by Crippen LogP contribution is 2.23. The number of hydrogen-bond acceptors (Lipinski definition) is 5. The molecule has 16 heavy (non-hydrogen) atoms. The lowest BCUT2D eigenvalue weighted by atomic mass is 10.2. The zero-order chi connectivity index (χ0) is 11.5. The predicted molar refractivity (Wildman–Crippen MR) is 52.7 cm³/mol. The smallest absolute Gasteiger partial charge is 0.258 e. The van der Waals surface area contributed by atoms with Crippen LogP contribution in [-0.4, -0.2) is 19.7 Å². The SMILES string of the molecule is N#Cc1ccnc(-n2cccn2)c1[N+](=O)[O-]. The fraction of sp³-hybridized carbons (Fsp3) is 0. The first-order valence-electron chi connectivity index (χ1n) is 4.27. The molecule has 78 valence electrons. The van der Waals surface area contributed by atoms with Crippen LogP contribution in [0.15, 0.2) is 30.7 Å². The maximum absolute atomic E-state index is 10.9. The Bertz CT molecular complexity index is 570. The highest BCUT2D eigenvalue weighted by atomic mass is 16.6.